The third kappa shape index (κ3) is 9.27. The van der Waals surface area contributed by atoms with E-state index in [4.69, 9.17) is 0 Å². The van der Waals surface area contributed by atoms with E-state index in [2.05, 4.69) is 11.7 Å². The molecule has 0 bridgehead atoms. The number of rotatable bonds is 12. The zero-order valence-electron chi connectivity index (χ0n) is 18.2. The Hall–Kier alpha value is -1.45. The van der Waals surface area contributed by atoms with Gasteiger partial charge in [0.25, 0.3) is 0 Å². The van der Waals surface area contributed by atoms with Gasteiger partial charge in [-0.25, -0.2) is 4.79 Å². The molecule has 1 fully saturated rings. The van der Waals surface area contributed by atoms with Crippen LogP contribution in [-0.2, 0) is 4.74 Å². The van der Waals surface area contributed by atoms with Gasteiger partial charge < -0.3 is 4.74 Å². The molecule has 164 valence electrons. The number of unbranched alkanes of at least 4 members (excludes halogenated alkanes) is 7. The van der Waals surface area contributed by atoms with Gasteiger partial charge in [-0.1, -0.05) is 76.8 Å². The number of ether oxygens (including phenoxy) is 1. The van der Waals surface area contributed by atoms with Gasteiger partial charge in [-0.3, -0.25) is 0 Å². The summed E-state index contributed by atoms with van der Waals surface area (Å²) in [5.41, 5.74) is 1.38. The maximum atomic E-state index is 12.8. The molecule has 0 aliphatic heterocycles. The first-order valence-corrected chi connectivity index (χ1v) is 11.6. The van der Waals surface area contributed by atoms with Crippen molar-refractivity contribution in [3.05, 3.63) is 35.4 Å². The molecule has 0 spiro atoms. The van der Waals surface area contributed by atoms with Crippen molar-refractivity contribution in [3.8, 4) is 0 Å². The maximum absolute atomic E-state index is 12.8. The first kappa shape index (κ1) is 23.8. The van der Waals surface area contributed by atoms with Crippen LogP contribution in [0.4, 0.5) is 8.78 Å². The molecule has 0 atom stereocenters. The van der Waals surface area contributed by atoms with Gasteiger partial charge >= 0.3 is 12.1 Å². The van der Waals surface area contributed by atoms with Gasteiger partial charge in [0.15, 0.2) is 0 Å². The predicted octanol–water partition coefficient (Wildman–Crippen LogP) is 8.26. The van der Waals surface area contributed by atoms with Crippen molar-refractivity contribution >= 4 is 5.97 Å². The van der Waals surface area contributed by atoms with Gasteiger partial charge in [-0.05, 0) is 55.2 Å². The zero-order valence-corrected chi connectivity index (χ0v) is 18.2. The summed E-state index contributed by atoms with van der Waals surface area (Å²) in [6, 6.07) is 7.01. The van der Waals surface area contributed by atoms with E-state index in [9.17, 15) is 13.6 Å². The molecule has 0 heterocycles. The fourth-order valence-corrected chi connectivity index (χ4v) is 4.46. The third-order valence-electron chi connectivity index (χ3n) is 6.20. The zero-order chi connectivity index (χ0) is 21.1. The summed E-state index contributed by atoms with van der Waals surface area (Å²) in [5, 5.41) is 0. The highest BCUT2D eigenvalue weighted by atomic mass is 19.3. The van der Waals surface area contributed by atoms with Crippen LogP contribution in [0.5, 0.6) is 0 Å². The Morgan fingerprint density at radius 2 is 1.48 bits per heavy atom. The molecule has 2 nitrogen and oxygen atoms in total. The molecular formula is C25H38F2O2. The predicted molar refractivity (Wildman–Crippen MR) is 114 cm³/mol. The third-order valence-corrected chi connectivity index (χ3v) is 6.20. The molecule has 1 saturated carbocycles. The molecule has 1 aromatic rings. The lowest BCUT2D eigenvalue weighted by Crippen LogP contribution is -2.21. The van der Waals surface area contributed by atoms with E-state index < -0.39 is 12.1 Å². The molecule has 0 unspecified atom stereocenters. The second kappa shape index (κ2) is 12.3. The molecular weight excluding hydrogens is 370 g/mol. The van der Waals surface area contributed by atoms with E-state index >= 15 is 0 Å². The summed E-state index contributed by atoms with van der Waals surface area (Å²) < 4.78 is 29.8. The number of carbonyl (C=O) groups is 1. The minimum Gasteiger partial charge on any atom is -0.397 e. The van der Waals surface area contributed by atoms with E-state index in [0.29, 0.717) is 12.8 Å². The topological polar surface area (TPSA) is 26.3 Å². The lowest BCUT2D eigenvalue weighted by atomic mass is 9.77. The summed E-state index contributed by atoms with van der Waals surface area (Å²) in [6.07, 6.45) is 13.8. The Morgan fingerprint density at radius 1 is 0.931 bits per heavy atom. The van der Waals surface area contributed by atoms with Crippen LogP contribution in [0.2, 0.25) is 0 Å². The summed E-state index contributed by atoms with van der Waals surface area (Å²) in [5.74, 6) is 0.396. The van der Waals surface area contributed by atoms with Crippen LogP contribution < -0.4 is 0 Å². The van der Waals surface area contributed by atoms with Crippen LogP contribution in [0.15, 0.2) is 24.3 Å². The minimum atomic E-state index is -3.44. The highest BCUT2D eigenvalue weighted by Crippen LogP contribution is 2.38. The fourth-order valence-electron chi connectivity index (χ4n) is 4.46. The van der Waals surface area contributed by atoms with E-state index in [1.807, 2.05) is 12.1 Å². The smallest absolute Gasteiger partial charge is 0.397 e. The van der Waals surface area contributed by atoms with Gasteiger partial charge in [0, 0.05) is 6.92 Å². The quantitative estimate of drug-likeness (QED) is 0.257. The molecule has 0 N–H and O–H groups in total. The number of esters is 1. The van der Waals surface area contributed by atoms with Crippen LogP contribution >= 0.6 is 0 Å². The minimum absolute atomic E-state index is 0.179. The summed E-state index contributed by atoms with van der Waals surface area (Å²) in [6.45, 7) is 2.84. The van der Waals surface area contributed by atoms with Crippen LogP contribution in [0.3, 0.4) is 0 Å². The fraction of sp³-hybridized carbons (Fsp3) is 0.720. The molecule has 1 aromatic carbocycles. The molecule has 1 aliphatic rings. The van der Waals surface area contributed by atoms with E-state index in [-0.39, 0.29) is 5.56 Å². The van der Waals surface area contributed by atoms with Crippen LogP contribution in [-0.4, -0.2) is 12.1 Å². The molecule has 1 aliphatic carbocycles. The average Bonchev–Trinajstić information content (AvgIpc) is 2.69. The van der Waals surface area contributed by atoms with Crippen molar-refractivity contribution in [2.24, 2.45) is 5.92 Å². The van der Waals surface area contributed by atoms with Crippen molar-refractivity contribution < 1.29 is 18.3 Å². The molecule has 0 saturated heterocycles. The van der Waals surface area contributed by atoms with Crippen molar-refractivity contribution in [2.45, 2.75) is 109 Å². The van der Waals surface area contributed by atoms with E-state index in [1.165, 1.54) is 89.0 Å². The number of halogens is 2. The van der Waals surface area contributed by atoms with Crippen LogP contribution in [0.1, 0.15) is 119 Å². The lowest BCUT2D eigenvalue weighted by molar-refractivity contribution is -0.185. The molecule has 0 aromatic heterocycles. The van der Waals surface area contributed by atoms with Gasteiger partial charge in [0.2, 0.25) is 0 Å². The summed E-state index contributed by atoms with van der Waals surface area (Å²) in [7, 11) is 0. The largest absolute Gasteiger partial charge is 0.397 e. The summed E-state index contributed by atoms with van der Waals surface area (Å²) >= 11 is 0. The Balaban J connectivity index is 1.64. The lowest BCUT2D eigenvalue weighted by Gasteiger charge is -2.29. The molecule has 2 rings (SSSR count). The van der Waals surface area contributed by atoms with Gasteiger partial charge in [0.1, 0.15) is 0 Å². The van der Waals surface area contributed by atoms with Crippen molar-refractivity contribution in [3.63, 3.8) is 0 Å². The van der Waals surface area contributed by atoms with Gasteiger partial charge in [0.05, 0.1) is 5.56 Å². The molecule has 0 radical (unpaired) electrons. The Labute approximate surface area is 175 Å². The highest BCUT2D eigenvalue weighted by molar-refractivity contribution is 5.89. The maximum Gasteiger partial charge on any atom is 0.397 e. The standard InChI is InChI=1S/C25H38F2O2/c1-3-4-5-6-7-8-9-10-11-20-12-14-21(15-13-20)22-16-18-23(19-17-22)24(28)29-25(2,26)27/h16-21H,3-15H2,1-2H3. The van der Waals surface area contributed by atoms with Gasteiger partial charge in [-0.2, -0.15) is 8.78 Å². The number of benzene rings is 1. The Morgan fingerprint density at radius 3 is 2.03 bits per heavy atom. The molecule has 29 heavy (non-hydrogen) atoms. The van der Waals surface area contributed by atoms with Crippen molar-refractivity contribution in [2.75, 3.05) is 0 Å². The van der Waals surface area contributed by atoms with Crippen molar-refractivity contribution in [1.82, 2.24) is 0 Å². The number of carbonyl (C=O) groups excluding carboxylic acids is 1. The first-order valence-electron chi connectivity index (χ1n) is 11.6. The van der Waals surface area contributed by atoms with E-state index in [1.54, 1.807) is 12.1 Å². The molecule has 4 heteroatoms. The van der Waals surface area contributed by atoms with E-state index in [0.717, 1.165) is 5.92 Å². The summed E-state index contributed by atoms with van der Waals surface area (Å²) in [4.78, 5) is 11.7. The first-order chi connectivity index (χ1) is 13.9. The average molecular weight is 409 g/mol. The second-order valence-electron chi connectivity index (χ2n) is 8.80. The second-order valence-corrected chi connectivity index (χ2v) is 8.80. The highest BCUT2D eigenvalue weighted by Gasteiger charge is 2.27. The normalized spacial score (nSPS) is 19.9. The van der Waals surface area contributed by atoms with Crippen LogP contribution in [0.25, 0.3) is 0 Å². The van der Waals surface area contributed by atoms with Crippen molar-refractivity contribution in [1.29, 1.82) is 0 Å². The Bertz CT molecular complexity index is 584. The molecule has 0 amide bonds. The van der Waals surface area contributed by atoms with Crippen LogP contribution in [0, 0.1) is 5.92 Å². The van der Waals surface area contributed by atoms with Gasteiger partial charge in [-0.15, -0.1) is 0 Å². The number of hydrogen-bond acceptors (Lipinski definition) is 2. The number of alkyl halides is 2. The number of hydrogen-bond donors (Lipinski definition) is 0. The SMILES string of the molecule is CCCCCCCCCCC1CCC(c2ccc(C(=O)OC(C)(F)F)cc2)CC1. The Kier molecular flexibility index (Phi) is 10.1. The monoisotopic (exact) mass is 408 g/mol.